The Morgan fingerprint density at radius 3 is 2.46 bits per heavy atom. The van der Waals surface area contributed by atoms with Crippen LogP contribution in [0.4, 0.5) is 0 Å². The van der Waals surface area contributed by atoms with Gasteiger partial charge in [-0.2, -0.15) is 0 Å². The number of hydrogen-bond donors (Lipinski definition) is 1. The van der Waals surface area contributed by atoms with Gasteiger partial charge in [-0.1, -0.05) is 60.2 Å². The van der Waals surface area contributed by atoms with Crippen molar-refractivity contribution in [1.82, 2.24) is 4.98 Å². The monoisotopic (exact) mass is 385 g/mol. The Kier molecular flexibility index (Phi) is 5.20. The summed E-state index contributed by atoms with van der Waals surface area (Å²) in [4.78, 5) is 29.2. The molecule has 6 heteroatoms. The minimum Gasteiger partial charge on any atom is -0.493 e. The molecule has 0 atom stereocenters. The number of rotatable bonds is 4. The standard InChI is InChI=1S/C20H16ClNO3S/c1-3-12-9-14(21)10-15(11(2)23)16(12)17-18(24)22-19(26-20(17)25)13-7-5-4-6-8-13/h4-10,24H,3H2,1-2H3. The second-order valence-corrected chi connectivity index (χ2v) is 7.17. The van der Waals surface area contributed by atoms with Crippen molar-refractivity contribution in [3.05, 3.63) is 68.2 Å². The minimum atomic E-state index is -0.382. The van der Waals surface area contributed by atoms with Gasteiger partial charge < -0.3 is 5.11 Å². The maximum absolute atomic E-state index is 12.8. The van der Waals surface area contributed by atoms with Crippen LogP contribution in [0.25, 0.3) is 21.7 Å². The molecule has 0 bridgehead atoms. The molecule has 132 valence electrons. The molecule has 0 amide bonds. The maximum Gasteiger partial charge on any atom is 0.247 e. The highest BCUT2D eigenvalue weighted by atomic mass is 35.5. The zero-order valence-corrected chi connectivity index (χ0v) is 15.8. The van der Waals surface area contributed by atoms with Crippen LogP contribution < -0.4 is 4.74 Å². The van der Waals surface area contributed by atoms with Gasteiger partial charge >= 0.3 is 0 Å². The molecule has 1 heterocycles. The van der Waals surface area contributed by atoms with Crippen molar-refractivity contribution < 1.29 is 9.90 Å². The Bertz CT molecular complexity index is 1040. The largest absolute Gasteiger partial charge is 0.493 e. The highest BCUT2D eigenvalue weighted by molar-refractivity contribution is 7.12. The molecule has 4 nitrogen and oxygen atoms in total. The molecule has 0 fully saturated rings. The van der Waals surface area contributed by atoms with Gasteiger partial charge in [0, 0.05) is 21.7 Å². The first kappa shape index (κ1) is 18.3. The fourth-order valence-corrected chi connectivity index (χ4v) is 3.94. The number of halogens is 1. The summed E-state index contributed by atoms with van der Waals surface area (Å²) in [6, 6.07) is 12.4. The van der Waals surface area contributed by atoms with Crippen LogP contribution in [0.15, 0.2) is 47.3 Å². The molecule has 1 aromatic heterocycles. The zero-order valence-electron chi connectivity index (χ0n) is 14.2. The van der Waals surface area contributed by atoms with E-state index in [-0.39, 0.29) is 22.0 Å². The first-order chi connectivity index (χ1) is 12.4. The maximum atomic E-state index is 12.8. The predicted molar refractivity (Wildman–Crippen MR) is 105 cm³/mol. The van der Waals surface area contributed by atoms with Crippen molar-refractivity contribution in [2.45, 2.75) is 20.3 Å². The van der Waals surface area contributed by atoms with Crippen LogP contribution >= 0.6 is 22.9 Å². The van der Waals surface area contributed by atoms with E-state index >= 15 is 0 Å². The topological polar surface area (TPSA) is 67.3 Å². The van der Waals surface area contributed by atoms with Gasteiger partial charge in [0.15, 0.2) is 5.78 Å². The van der Waals surface area contributed by atoms with E-state index in [4.69, 9.17) is 11.6 Å². The fourth-order valence-electron chi connectivity index (χ4n) is 2.84. The molecule has 0 aliphatic rings. The first-order valence-corrected chi connectivity index (χ1v) is 9.25. The number of aryl methyl sites for hydroxylation is 1. The van der Waals surface area contributed by atoms with Gasteiger partial charge in [0.2, 0.25) is 10.6 Å². The summed E-state index contributed by atoms with van der Waals surface area (Å²) in [7, 11) is 0. The Hall–Kier alpha value is -2.50. The average molecular weight is 386 g/mol. The fraction of sp³-hybridized carbons (Fsp3) is 0.150. The lowest BCUT2D eigenvalue weighted by molar-refractivity contribution is 0.101. The Balaban J connectivity index is 2.29. The summed E-state index contributed by atoms with van der Waals surface area (Å²) in [5.74, 6) is -0.611. The van der Waals surface area contributed by atoms with E-state index in [1.165, 1.54) is 13.0 Å². The van der Waals surface area contributed by atoms with E-state index in [9.17, 15) is 14.7 Å². The summed E-state index contributed by atoms with van der Waals surface area (Å²) in [6.07, 6.45) is 0.556. The Morgan fingerprint density at radius 1 is 1.19 bits per heavy atom. The Morgan fingerprint density at radius 2 is 1.88 bits per heavy atom. The molecule has 0 saturated heterocycles. The predicted octanol–water partition coefficient (Wildman–Crippen LogP) is 4.96. The molecule has 0 saturated carbocycles. The van der Waals surface area contributed by atoms with Crippen LogP contribution in [0, 0.1) is 0 Å². The van der Waals surface area contributed by atoms with Crippen LogP contribution in [-0.2, 0) is 6.42 Å². The molecule has 2 aromatic carbocycles. The zero-order chi connectivity index (χ0) is 18.8. The second-order valence-electron chi connectivity index (χ2n) is 5.77. The van der Waals surface area contributed by atoms with Crippen LogP contribution in [0.5, 0.6) is 5.88 Å². The third-order valence-corrected chi connectivity index (χ3v) is 5.17. The highest BCUT2D eigenvalue weighted by Gasteiger charge is 2.22. The van der Waals surface area contributed by atoms with Crippen molar-refractivity contribution >= 4 is 28.7 Å². The number of hydrogen-bond acceptors (Lipinski definition) is 5. The van der Waals surface area contributed by atoms with E-state index in [1.54, 1.807) is 6.07 Å². The number of carbonyl (C=O) groups is 1. The molecule has 3 aromatic rings. The van der Waals surface area contributed by atoms with E-state index in [1.807, 2.05) is 37.3 Å². The molecule has 3 rings (SSSR count). The summed E-state index contributed by atoms with van der Waals surface area (Å²) in [6.45, 7) is 3.31. The van der Waals surface area contributed by atoms with Gasteiger partial charge in [-0.3, -0.25) is 9.59 Å². The van der Waals surface area contributed by atoms with E-state index in [0.29, 0.717) is 27.6 Å². The summed E-state index contributed by atoms with van der Waals surface area (Å²) >= 11 is 7.05. The van der Waals surface area contributed by atoms with Crippen molar-refractivity contribution in [3.8, 4) is 27.6 Å². The van der Waals surface area contributed by atoms with Gasteiger partial charge in [-0.15, -0.1) is 0 Å². The van der Waals surface area contributed by atoms with Crippen molar-refractivity contribution in [3.63, 3.8) is 0 Å². The lowest BCUT2D eigenvalue weighted by Gasteiger charge is -2.14. The third-order valence-electron chi connectivity index (χ3n) is 4.04. The van der Waals surface area contributed by atoms with Crippen LogP contribution in [0.2, 0.25) is 5.02 Å². The van der Waals surface area contributed by atoms with E-state index in [0.717, 1.165) is 22.5 Å². The van der Waals surface area contributed by atoms with Crippen LogP contribution in [0.3, 0.4) is 0 Å². The highest BCUT2D eigenvalue weighted by Crippen LogP contribution is 2.36. The van der Waals surface area contributed by atoms with Gasteiger partial charge in [0.25, 0.3) is 0 Å². The lowest BCUT2D eigenvalue weighted by Crippen LogP contribution is -2.09. The normalized spacial score (nSPS) is 10.7. The molecule has 1 N–H and O–H groups in total. The molecule has 0 aliphatic heterocycles. The second kappa shape index (κ2) is 7.40. The number of ketones is 1. The molecule has 0 spiro atoms. The van der Waals surface area contributed by atoms with Crippen LogP contribution in [0.1, 0.15) is 29.8 Å². The molecule has 0 radical (unpaired) electrons. The van der Waals surface area contributed by atoms with Gasteiger partial charge in [-0.25, -0.2) is 4.98 Å². The third kappa shape index (κ3) is 3.41. The smallest absolute Gasteiger partial charge is 0.247 e. The number of Topliss-reactive ketones (excluding diaryl/α,β-unsaturated/α-hetero) is 1. The Labute approximate surface area is 159 Å². The molecular formula is C20H16ClNO3S. The van der Waals surface area contributed by atoms with Crippen molar-refractivity contribution in [2.24, 2.45) is 0 Å². The molecule has 0 unspecified atom stereocenters. The number of carbonyl (C=O) groups excluding carboxylic acids is 1. The summed E-state index contributed by atoms with van der Waals surface area (Å²) in [5.41, 5.74) is 2.23. The summed E-state index contributed by atoms with van der Waals surface area (Å²) in [5, 5.41) is 11.4. The van der Waals surface area contributed by atoms with Crippen LogP contribution in [-0.4, -0.2) is 15.9 Å². The van der Waals surface area contributed by atoms with Crippen molar-refractivity contribution in [1.29, 1.82) is 0 Å². The first-order valence-electron chi connectivity index (χ1n) is 8.05. The minimum absolute atomic E-state index is 0.0494. The average Bonchev–Trinajstić information content (AvgIpc) is 2.62. The van der Waals surface area contributed by atoms with Gasteiger partial charge in [0.1, 0.15) is 10.6 Å². The van der Waals surface area contributed by atoms with Gasteiger partial charge in [0.05, 0.1) is 0 Å². The molecule has 0 aliphatic carbocycles. The van der Waals surface area contributed by atoms with E-state index in [2.05, 4.69) is 4.98 Å². The van der Waals surface area contributed by atoms with Gasteiger partial charge in [-0.05, 0) is 31.0 Å². The lowest BCUT2D eigenvalue weighted by atomic mass is 9.92. The van der Waals surface area contributed by atoms with Crippen molar-refractivity contribution in [2.75, 3.05) is 0 Å². The number of nitrogens with zero attached hydrogens (tertiary/aromatic N) is 1. The molecule has 26 heavy (non-hydrogen) atoms. The number of aromatic hydroxyl groups is 1. The SMILES string of the molecule is CCc1cc(Cl)cc(C(C)=O)c1-c1c(O)nc(-c2ccccc2)sc1=O. The number of aromatic nitrogens is 1. The molecular weight excluding hydrogens is 370 g/mol. The quantitative estimate of drug-likeness (QED) is 0.644. The van der Waals surface area contributed by atoms with E-state index < -0.39 is 0 Å². The summed E-state index contributed by atoms with van der Waals surface area (Å²) < 4.78 is -0.351. The number of benzene rings is 2.